The summed E-state index contributed by atoms with van der Waals surface area (Å²) in [5.41, 5.74) is 1.06. The summed E-state index contributed by atoms with van der Waals surface area (Å²) in [5.74, 6) is -0.754. The quantitative estimate of drug-likeness (QED) is 0.829. The lowest BCUT2D eigenvalue weighted by Crippen LogP contribution is -2.48. The van der Waals surface area contributed by atoms with Crippen LogP contribution in [0.4, 0.5) is 0 Å². The van der Waals surface area contributed by atoms with Gasteiger partial charge in [-0.3, -0.25) is 9.69 Å². The average molecular weight is 361 g/mol. The van der Waals surface area contributed by atoms with Gasteiger partial charge in [0.05, 0.1) is 13.2 Å². The SMILES string of the molecule is O=C(O)[C@@H](Cc1ccc(I)cc1)N1CCOCC1. The predicted octanol–water partition coefficient (Wildman–Crippen LogP) is 1.62. The lowest BCUT2D eigenvalue weighted by atomic mass is 10.0. The van der Waals surface area contributed by atoms with E-state index in [0.717, 1.165) is 9.13 Å². The van der Waals surface area contributed by atoms with Gasteiger partial charge >= 0.3 is 5.97 Å². The van der Waals surface area contributed by atoms with E-state index in [1.807, 2.05) is 29.2 Å². The van der Waals surface area contributed by atoms with Gasteiger partial charge in [0.1, 0.15) is 6.04 Å². The first-order valence-corrected chi connectivity index (χ1v) is 7.04. The van der Waals surface area contributed by atoms with Crippen molar-refractivity contribution in [3.05, 3.63) is 33.4 Å². The van der Waals surface area contributed by atoms with Gasteiger partial charge in [-0.2, -0.15) is 0 Å². The number of rotatable bonds is 4. The normalized spacial score (nSPS) is 18.5. The van der Waals surface area contributed by atoms with Crippen molar-refractivity contribution < 1.29 is 14.6 Å². The van der Waals surface area contributed by atoms with Crippen molar-refractivity contribution in [3.8, 4) is 0 Å². The molecule has 1 aromatic carbocycles. The third-order valence-electron chi connectivity index (χ3n) is 3.11. The third-order valence-corrected chi connectivity index (χ3v) is 3.83. The maximum atomic E-state index is 11.4. The van der Waals surface area contributed by atoms with Gasteiger partial charge in [0.2, 0.25) is 0 Å². The summed E-state index contributed by atoms with van der Waals surface area (Å²) < 4.78 is 6.42. The van der Waals surface area contributed by atoms with E-state index in [2.05, 4.69) is 22.6 Å². The number of morpholine rings is 1. The molecule has 98 valence electrons. The van der Waals surface area contributed by atoms with Crippen LogP contribution in [0.2, 0.25) is 0 Å². The summed E-state index contributed by atoms with van der Waals surface area (Å²) in [6, 6.07) is 7.56. The van der Waals surface area contributed by atoms with Crippen LogP contribution in [0.5, 0.6) is 0 Å². The molecule has 1 N–H and O–H groups in total. The molecule has 1 aliphatic rings. The molecule has 1 fully saturated rings. The highest BCUT2D eigenvalue weighted by atomic mass is 127. The highest BCUT2D eigenvalue weighted by Crippen LogP contribution is 2.13. The molecule has 0 saturated carbocycles. The topological polar surface area (TPSA) is 49.8 Å². The Morgan fingerprint density at radius 3 is 2.50 bits per heavy atom. The van der Waals surface area contributed by atoms with E-state index in [-0.39, 0.29) is 0 Å². The molecule has 1 aromatic rings. The van der Waals surface area contributed by atoms with Crippen molar-refractivity contribution in [1.82, 2.24) is 4.90 Å². The van der Waals surface area contributed by atoms with Gasteiger partial charge in [-0.1, -0.05) is 12.1 Å². The summed E-state index contributed by atoms with van der Waals surface area (Å²) in [4.78, 5) is 13.4. The van der Waals surface area contributed by atoms with Crippen LogP contribution in [0.15, 0.2) is 24.3 Å². The smallest absolute Gasteiger partial charge is 0.321 e. The summed E-state index contributed by atoms with van der Waals surface area (Å²) in [7, 11) is 0. The van der Waals surface area contributed by atoms with Crippen molar-refractivity contribution in [2.45, 2.75) is 12.5 Å². The van der Waals surface area contributed by atoms with Gasteiger partial charge in [-0.05, 0) is 46.7 Å². The number of benzene rings is 1. The van der Waals surface area contributed by atoms with Gasteiger partial charge in [0, 0.05) is 16.7 Å². The molecule has 0 bridgehead atoms. The molecule has 2 rings (SSSR count). The Morgan fingerprint density at radius 2 is 1.94 bits per heavy atom. The molecule has 0 amide bonds. The van der Waals surface area contributed by atoms with Crippen molar-refractivity contribution in [3.63, 3.8) is 0 Å². The maximum Gasteiger partial charge on any atom is 0.321 e. The number of carboxylic acid groups (broad SMARTS) is 1. The number of halogens is 1. The average Bonchev–Trinajstić information content (AvgIpc) is 2.38. The first kappa shape index (κ1) is 13.8. The molecule has 5 heteroatoms. The first-order valence-electron chi connectivity index (χ1n) is 5.96. The van der Waals surface area contributed by atoms with E-state index in [1.54, 1.807) is 0 Å². The summed E-state index contributed by atoms with van der Waals surface area (Å²) in [6.07, 6.45) is 0.548. The van der Waals surface area contributed by atoms with Crippen molar-refractivity contribution >= 4 is 28.6 Å². The minimum atomic E-state index is -0.754. The van der Waals surface area contributed by atoms with Crippen LogP contribution >= 0.6 is 22.6 Å². The molecule has 1 aliphatic heterocycles. The van der Waals surface area contributed by atoms with E-state index in [9.17, 15) is 9.90 Å². The van der Waals surface area contributed by atoms with Gasteiger partial charge in [0.25, 0.3) is 0 Å². The molecule has 18 heavy (non-hydrogen) atoms. The second-order valence-corrected chi connectivity index (χ2v) is 5.58. The number of ether oxygens (including phenoxy) is 1. The Morgan fingerprint density at radius 1 is 1.33 bits per heavy atom. The maximum absolute atomic E-state index is 11.4. The molecule has 1 heterocycles. The van der Waals surface area contributed by atoms with Crippen LogP contribution in [-0.4, -0.2) is 48.3 Å². The van der Waals surface area contributed by atoms with Crippen LogP contribution in [0.3, 0.4) is 0 Å². The van der Waals surface area contributed by atoms with E-state index >= 15 is 0 Å². The Balaban J connectivity index is 2.05. The number of aliphatic carboxylic acids is 1. The van der Waals surface area contributed by atoms with E-state index in [4.69, 9.17) is 4.74 Å². The highest BCUT2D eigenvalue weighted by Gasteiger charge is 2.27. The molecule has 0 unspecified atom stereocenters. The Kier molecular flexibility index (Phi) is 4.96. The molecule has 0 radical (unpaired) electrons. The Hall–Kier alpha value is -0.660. The molecule has 0 aliphatic carbocycles. The number of nitrogens with zero attached hydrogens (tertiary/aromatic N) is 1. The largest absolute Gasteiger partial charge is 0.480 e. The molecule has 0 aromatic heterocycles. The first-order chi connectivity index (χ1) is 8.66. The van der Waals surface area contributed by atoms with Gasteiger partial charge in [0.15, 0.2) is 0 Å². The van der Waals surface area contributed by atoms with Crippen LogP contribution in [0.1, 0.15) is 5.56 Å². The molecular formula is C13H16INO3. The molecule has 1 atom stereocenters. The standard InChI is InChI=1S/C13H16INO3/c14-11-3-1-10(2-4-11)9-12(13(16)17)15-5-7-18-8-6-15/h1-4,12H,5-9H2,(H,16,17)/t12-/m1/s1. The summed E-state index contributed by atoms with van der Waals surface area (Å²) >= 11 is 2.24. The van der Waals surface area contributed by atoms with Crippen LogP contribution in [0.25, 0.3) is 0 Å². The number of carboxylic acids is 1. The summed E-state index contributed by atoms with van der Waals surface area (Å²) in [6.45, 7) is 2.63. The zero-order chi connectivity index (χ0) is 13.0. The van der Waals surface area contributed by atoms with E-state index < -0.39 is 12.0 Å². The molecule has 1 saturated heterocycles. The van der Waals surface area contributed by atoms with Crippen LogP contribution in [-0.2, 0) is 16.0 Å². The predicted molar refractivity (Wildman–Crippen MR) is 76.7 cm³/mol. The minimum absolute atomic E-state index is 0.450. The fraction of sp³-hybridized carbons (Fsp3) is 0.462. The molecular weight excluding hydrogens is 345 g/mol. The molecule has 4 nitrogen and oxygen atoms in total. The zero-order valence-corrected chi connectivity index (χ0v) is 12.2. The fourth-order valence-corrected chi connectivity index (χ4v) is 2.47. The lowest BCUT2D eigenvalue weighted by molar-refractivity contribution is -0.145. The third kappa shape index (κ3) is 3.66. The second kappa shape index (κ2) is 6.49. The molecule has 0 spiro atoms. The second-order valence-electron chi connectivity index (χ2n) is 4.33. The number of hydrogen-bond acceptors (Lipinski definition) is 3. The van der Waals surface area contributed by atoms with Gasteiger partial charge in [-0.25, -0.2) is 0 Å². The summed E-state index contributed by atoms with van der Waals surface area (Å²) in [5, 5.41) is 9.36. The fourth-order valence-electron chi connectivity index (χ4n) is 2.11. The van der Waals surface area contributed by atoms with Gasteiger partial charge in [-0.15, -0.1) is 0 Å². The van der Waals surface area contributed by atoms with E-state index in [1.165, 1.54) is 0 Å². The van der Waals surface area contributed by atoms with Crippen LogP contribution in [0, 0.1) is 3.57 Å². The van der Waals surface area contributed by atoms with E-state index in [0.29, 0.717) is 32.7 Å². The van der Waals surface area contributed by atoms with Gasteiger partial charge < -0.3 is 9.84 Å². The Labute approximate surface area is 120 Å². The zero-order valence-electron chi connectivity index (χ0n) is 10.0. The van der Waals surface area contributed by atoms with Crippen molar-refractivity contribution in [2.24, 2.45) is 0 Å². The van der Waals surface area contributed by atoms with Crippen molar-refractivity contribution in [2.75, 3.05) is 26.3 Å². The monoisotopic (exact) mass is 361 g/mol. The lowest BCUT2D eigenvalue weighted by Gasteiger charge is -2.31. The minimum Gasteiger partial charge on any atom is -0.480 e. The van der Waals surface area contributed by atoms with Crippen LogP contribution < -0.4 is 0 Å². The Bertz CT molecular complexity index is 401. The highest BCUT2D eigenvalue weighted by molar-refractivity contribution is 14.1. The van der Waals surface area contributed by atoms with Crippen molar-refractivity contribution in [1.29, 1.82) is 0 Å². The number of hydrogen-bond donors (Lipinski definition) is 1. The number of carbonyl (C=O) groups is 1.